The average molecular weight is 438 g/mol. The van der Waals surface area contributed by atoms with Crippen LogP contribution in [-0.4, -0.2) is 51.9 Å². The monoisotopic (exact) mass is 438 g/mol. The zero-order chi connectivity index (χ0) is 23.6. The lowest BCUT2D eigenvalue weighted by Crippen LogP contribution is -2.46. The van der Waals surface area contributed by atoms with Gasteiger partial charge in [-0.2, -0.15) is 0 Å². The summed E-state index contributed by atoms with van der Waals surface area (Å²) in [5, 5.41) is 13.2. The number of hydrogen-bond donors (Lipinski definition) is 2. The quantitative estimate of drug-likeness (QED) is 0.529. The number of aliphatic hydroxyl groups excluding tert-OH is 1. The van der Waals surface area contributed by atoms with E-state index in [0.717, 1.165) is 4.90 Å². The molecular weight excluding hydrogens is 412 g/mol. The minimum absolute atomic E-state index is 0.0742. The van der Waals surface area contributed by atoms with Gasteiger partial charge in [0.15, 0.2) is 6.04 Å². The SMILES string of the molecule is CCOC(=O)C(NC(=O)c1ccc2c(c1)C(=O)N(C(C)(C)C)C2=O)C(O)c1ccccc1. The summed E-state index contributed by atoms with van der Waals surface area (Å²) in [5.74, 6) is -2.38. The number of esters is 1. The fourth-order valence-corrected chi connectivity index (χ4v) is 3.56. The van der Waals surface area contributed by atoms with E-state index in [1.54, 1.807) is 58.0 Å². The molecule has 0 saturated heterocycles. The van der Waals surface area contributed by atoms with E-state index in [4.69, 9.17) is 4.74 Å². The standard InChI is InChI=1S/C24H26N2O6/c1-5-32-23(31)18(19(27)14-9-7-6-8-10-14)25-20(28)15-11-12-16-17(13-15)22(30)26(21(16)29)24(2,3)4/h6-13,18-19,27H,5H2,1-4H3,(H,25,28). The third-order valence-corrected chi connectivity index (χ3v) is 5.10. The van der Waals surface area contributed by atoms with Crippen molar-refractivity contribution in [1.82, 2.24) is 10.2 Å². The van der Waals surface area contributed by atoms with Gasteiger partial charge in [-0.3, -0.25) is 19.3 Å². The highest BCUT2D eigenvalue weighted by molar-refractivity contribution is 6.22. The number of carbonyl (C=O) groups excluding carboxylic acids is 4. The van der Waals surface area contributed by atoms with Crippen molar-refractivity contribution in [2.75, 3.05) is 6.61 Å². The molecule has 0 fully saturated rings. The Morgan fingerprint density at radius 3 is 2.25 bits per heavy atom. The predicted molar refractivity (Wildman–Crippen MR) is 116 cm³/mol. The molecule has 32 heavy (non-hydrogen) atoms. The molecule has 2 N–H and O–H groups in total. The van der Waals surface area contributed by atoms with Gasteiger partial charge in [-0.1, -0.05) is 30.3 Å². The number of imide groups is 1. The predicted octanol–water partition coefficient (Wildman–Crippen LogP) is 2.48. The maximum absolute atomic E-state index is 12.9. The molecule has 0 aliphatic carbocycles. The summed E-state index contributed by atoms with van der Waals surface area (Å²) in [6.07, 6.45) is -1.34. The molecule has 0 radical (unpaired) electrons. The van der Waals surface area contributed by atoms with Gasteiger partial charge in [0.05, 0.1) is 17.7 Å². The fourth-order valence-electron chi connectivity index (χ4n) is 3.56. The summed E-state index contributed by atoms with van der Waals surface area (Å²) in [4.78, 5) is 52.0. The lowest BCUT2D eigenvalue weighted by molar-refractivity contribution is -0.148. The Hall–Kier alpha value is -3.52. The molecule has 1 aliphatic rings. The number of amides is 3. The molecule has 2 atom stereocenters. The van der Waals surface area contributed by atoms with Crippen LogP contribution in [0.1, 0.15) is 70.4 Å². The van der Waals surface area contributed by atoms with E-state index in [-0.39, 0.29) is 23.3 Å². The topological polar surface area (TPSA) is 113 Å². The molecule has 0 bridgehead atoms. The molecule has 2 aromatic rings. The van der Waals surface area contributed by atoms with Crippen LogP contribution < -0.4 is 5.32 Å². The summed E-state index contributed by atoms with van der Waals surface area (Å²) in [5.41, 5.74) is 0.128. The van der Waals surface area contributed by atoms with Crippen LogP contribution in [0, 0.1) is 0 Å². The number of carbonyl (C=O) groups is 4. The first kappa shape index (κ1) is 23.1. The lowest BCUT2D eigenvalue weighted by atomic mass is 10.0. The van der Waals surface area contributed by atoms with Crippen molar-refractivity contribution in [2.45, 2.75) is 45.4 Å². The van der Waals surface area contributed by atoms with Gasteiger partial charge in [0.1, 0.15) is 6.10 Å². The van der Waals surface area contributed by atoms with Gasteiger partial charge in [-0.25, -0.2) is 4.79 Å². The van der Waals surface area contributed by atoms with Crippen LogP contribution in [0.5, 0.6) is 0 Å². The highest BCUT2D eigenvalue weighted by Crippen LogP contribution is 2.30. The molecule has 3 amide bonds. The van der Waals surface area contributed by atoms with Gasteiger partial charge < -0.3 is 15.2 Å². The Kier molecular flexibility index (Phi) is 6.45. The van der Waals surface area contributed by atoms with Crippen LogP contribution in [0.4, 0.5) is 0 Å². The number of nitrogens with one attached hydrogen (secondary N) is 1. The Labute approximate surface area is 186 Å². The summed E-state index contributed by atoms with van der Waals surface area (Å²) < 4.78 is 5.02. The van der Waals surface area contributed by atoms with Gasteiger partial charge in [0, 0.05) is 11.1 Å². The molecule has 0 aromatic heterocycles. The van der Waals surface area contributed by atoms with Crippen molar-refractivity contribution in [3.8, 4) is 0 Å². The molecule has 168 valence electrons. The third kappa shape index (κ3) is 4.40. The number of ether oxygens (including phenoxy) is 1. The van der Waals surface area contributed by atoms with Gasteiger partial charge in [0.25, 0.3) is 17.7 Å². The molecule has 2 aromatic carbocycles. The molecular formula is C24H26N2O6. The Bertz CT molecular complexity index is 1060. The number of benzene rings is 2. The molecule has 1 aliphatic heterocycles. The van der Waals surface area contributed by atoms with Crippen LogP contribution in [0.3, 0.4) is 0 Å². The average Bonchev–Trinajstić information content (AvgIpc) is 3.01. The Morgan fingerprint density at radius 2 is 1.66 bits per heavy atom. The maximum Gasteiger partial charge on any atom is 0.331 e. The summed E-state index contributed by atoms with van der Waals surface area (Å²) >= 11 is 0. The van der Waals surface area contributed by atoms with E-state index < -0.39 is 41.4 Å². The smallest absolute Gasteiger partial charge is 0.331 e. The highest BCUT2D eigenvalue weighted by Gasteiger charge is 2.42. The minimum atomic E-state index is -1.36. The molecule has 2 unspecified atom stereocenters. The van der Waals surface area contributed by atoms with Crippen molar-refractivity contribution >= 4 is 23.7 Å². The number of nitrogens with zero attached hydrogens (tertiary/aromatic N) is 1. The van der Waals surface area contributed by atoms with Gasteiger partial charge in [0.2, 0.25) is 0 Å². The second-order valence-electron chi connectivity index (χ2n) is 8.44. The highest BCUT2D eigenvalue weighted by atomic mass is 16.5. The zero-order valence-electron chi connectivity index (χ0n) is 18.4. The Balaban J connectivity index is 1.88. The minimum Gasteiger partial charge on any atom is -0.464 e. The van der Waals surface area contributed by atoms with E-state index in [1.165, 1.54) is 18.2 Å². The first-order valence-electron chi connectivity index (χ1n) is 10.3. The zero-order valence-corrected chi connectivity index (χ0v) is 18.4. The van der Waals surface area contributed by atoms with E-state index in [2.05, 4.69) is 5.32 Å². The van der Waals surface area contributed by atoms with Crippen molar-refractivity contribution < 1.29 is 29.0 Å². The van der Waals surface area contributed by atoms with E-state index >= 15 is 0 Å². The molecule has 1 heterocycles. The largest absolute Gasteiger partial charge is 0.464 e. The summed E-state index contributed by atoms with van der Waals surface area (Å²) in [6.45, 7) is 6.94. The first-order chi connectivity index (χ1) is 15.1. The van der Waals surface area contributed by atoms with Crippen molar-refractivity contribution in [1.29, 1.82) is 0 Å². The Morgan fingerprint density at radius 1 is 1.03 bits per heavy atom. The molecule has 0 saturated carbocycles. The molecule has 8 heteroatoms. The molecule has 0 spiro atoms. The van der Waals surface area contributed by atoms with Crippen LogP contribution >= 0.6 is 0 Å². The van der Waals surface area contributed by atoms with Gasteiger partial charge in [-0.15, -0.1) is 0 Å². The van der Waals surface area contributed by atoms with E-state index in [0.29, 0.717) is 5.56 Å². The van der Waals surface area contributed by atoms with Crippen LogP contribution in [0.25, 0.3) is 0 Å². The normalized spacial score (nSPS) is 15.2. The maximum atomic E-state index is 12.9. The van der Waals surface area contributed by atoms with Crippen LogP contribution in [0.15, 0.2) is 48.5 Å². The number of fused-ring (bicyclic) bond motifs is 1. The first-order valence-corrected chi connectivity index (χ1v) is 10.3. The summed E-state index contributed by atoms with van der Waals surface area (Å²) in [6, 6.07) is 11.2. The van der Waals surface area contributed by atoms with E-state index in [1.807, 2.05) is 0 Å². The number of rotatable bonds is 6. The lowest BCUT2D eigenvalue weighted by Gasteiger charge is -2.29. The van der Waals surface area contributed by atoms with Gasteiger partial charge in [-0.05, 0) is 51.5 Å². The summed E-state index contributed by atoms with van der Waals surface area (Å²) in [7, 11) is 0. The van der Waals surface area contributed by atoms with E-state index in [9.17, 15) is 24.3 Å². The number of aliphatic hydroxyl groups is 1. The third-order valence-electron chi connectivity index (χ3n) is 5.10. The molecule has 8 nitrogen and oxygen atoms in total. The van der Waals surface area contributed by atoms with Crippen molar-refractivity contribution in [3.63, 3.8) is 0 Å². The van der Waals surface area contributed by atoms with Crippen molar-refractivity contribution in [3.05, 3.63) is 70.8 Å². The fraction of sp³-hybridized carbons (Fsp3) is 0.333. The molecule has 3 rings (SSSR count). The van der Waals surface area contributed by atoms with Crippen LogP contribution in [-0.2, 0) is 9.53 Å². The number of hydrogen-bond acceptors (Lipinski definition) is 6. The van der Waals surface area contributed by atoms with Crippen LogP contribution in [0.2, 0.25) is 0 Å². The second kappa shape index (κ2) is 8.92. The van der Waals surface area contributed by atoms with Gasteiger partial charge >= 0.3 is 5.97 Å². The van der Waals surface area contributed by atoms with Crippen molar-refractivity contribution in [2.24, 2.45) is 0 Å². The second-order valence-corrected chi connectivity index (χ2v) is 8.44.